The molecule has 2 atom stereocenters. The largest absolute Gasteiger partial charge is 0.497 e. The van der Waals surface area contributed by atoms with Gasteiger partial charge in [0.1, 0.15) is 36.2 Å². The third-order valence-corrected chi connectivity index (χ3v) is 13.5. The third kappa shape index (κ3) is 14.7. The van der Waals surface area contributed by atoms with E-state index >= 15 is 0 Å². The number of rotatable bonds is 28. The van der Waals surface area contributed by atoms with Gasteiger partial charge >= 0.3 is 11.9 Å². The molecule has 0 saturated carbocycles. The number of H-pyrrole nitrogens is 1. The normalized spacial score (nSPS) is 12.3. The van der Waals surface area contributed by atoms with Crippen LogP contribution in [0, 0.1) is 17.2 Å². The van der Waals surface area contributed by atoms with Gasteiger partial charge in [-0.05, 0) is 99.3 Å². The Morgan fingerprint density at radius 3 is 1.99 bits per heavy atom. The second-order valence-electron chi connectivity index (χ2n) is 17.0. The van der Waals surface area contributed by atoms with Crippen LogP contribution in [0.15, 0.2) is 114 Å². The number of ether oxygens (including phenoxy) is 5. The first-order valence-corrected chi connectivity index (χ1v) is 24.8. The molecule has 6 rings (SSSR count). The van der Waals surface area contributed by atoms with Crippen molar-refractivity contribution in [3.05, 3.63) is 148 Å². The summed E-state index contributed by atoms with van der Waals surface area (Å²) in [5.41, 5.74) is 7.65. The fraction of sp³-hybridized carbons (Fsp3) is 0.358. The zero-order valence-corrected chi connectivity index (χ0v) is 42.6. The van der Waals surface area contributed by atoms with E-state index in [1.54, 1.807) is 38.5 Å². The van der Waals surface area contributed by atoms with Crippen molar-refractivity contribution in [2.75, 3.05) is 58.3 Å². The molecule has 2 unspecified atom stereocenters. The van der Waals surface area contributed by atoms with E-state index in [2.05, 4.69) is 36.0 Å². The van der Waals surface area contributed by atoms with Gasteiger partial charge in [-0.25, -0.2) is 14.6 Å². The highest BCUT2D eigenvalue weighted by Gasteiger charge is 2.38. The maximum atomic E-state index is 14.3. The van der Waals surface area contributed by atoms with Crippen LogP contribution in [0.4, 0.5) is 11.6 Å². The number of nitrogens with two attached hydrogens (primary N) is 1. The van der Waals surface area contributed by atoms with Crippen LogP contribution < -0.4 is 26.1 Å². The molecule has 0 aliphatic rings. The smallest absolute Gasteiger partial charge is 0.316 e. The van der Waals surface area contributed by atoms with E-state index in [1.165, 1.54) is 6.20 Å². The van der Waals surface area contributed by atoms with Crippen molar-refractivity contribution >= 4 is 49.0 Å². The molecule has 0 spiro atoms. The van der Waals surface area contributed by atoms with Crippen LogP contribution in [0.1, 0.15) is 79.7 Å². The summed E-state index contributed by atoms with van der Waals surface area (Å²) in [6, 6.07) is 33.3. The lowest BCUT2D eigenvalue weighted by Crippen LogP contribution is -2.35. The van der Waals surface area contributed by atoms with E-state index in [0.29, 0.717) is 22.9 Å². The molecule has 19 nitrogen and oxygen atoms in total. The van der Waals surface area contributed by atoms with E-state index in [4.69, 9.17) is 43.7 Å². The summed E-state index contributed by atoms with van der Waals surface area (Å²) in [6.45, 7) is 7.97. The van der Waals surface area contributed by atoms with Gasteiger partial charge in [0.25, 0.3) is 14.1 Å². The maximum absolute atomic E-state index is 14.3. The lowest BCUT2D eigenvalue weighted by atomic mass is 9.80. The molecular formula is C53H61N8O11P. The number of Topliss-reactive ketones (excluding diaryl/α,β-unsaturated/α-hetero) is 1. The molecule has 0 radical (unpaired) electrons. The fourth-order valence-corrected chi connectivity index (χ4v) is 9.56. The molecule has 2 heterocycles. The number of methoxy groups -OCH3 is 2. The van der Waals surface area contributed by atoms with E-state index in [-0.39, 0.29) is 93.6 Å². The van der Waals surface area contributed by atoms with Crippen LogP contribution in [0.2, 0.25) is 0 Å². The average Bonchev–Trinajstić information content (AvgIpc) is 3.39. The fourth-order valence-electron chi connectivity index (χ4n) is 7.99. The van der Waals surface area contributed by atoms with Crippen molar-refractivity contribution in [3.8, 4) is 17.6 Å². The van der Waals surface area contributed by atoms with Crippen molar-refractivity contribution < 1.29 is 47.1 Å². The number of carbonyl (C=O) groups excluding carboxylic acids is 3. The van der Waals surface area contributed by atoms with Crippen LogP contribution in [0.5, 0.6) is 11.5 Å². The van der Waals surface area contributed by atoms with Gasteiger partial charge in [-0.3, -0.25) is 24.2 Å². The molecule has 4 aromatic carbocycles. The summed E-state index contributed by atoms with van der Waals surface area (Å²) in [5.74, 6) is -2.24. The number of fused-ring (bicyclic) bond motifs is 1. The number of benzene rings is 4. The number of hydrogen-bond donors (Lipinski definition) is 3. The highest BCUT2D eigenvalue weighted by Crippen LogP contribution is 2.46. The van der Waals surface area contributed by atoms with Crippen LogP contribution in [-0.4, -0.2) is 102 Å². The Bertz CT molecular complexity index is 2790. The Morgan fingerprint density at radius 1 is 0.781 bits per heavy atom. The highest BCUT2D eigenvalue weighted by atomic mass is 31.2. The minimum Gasteiger partial charge on any atom is -0.497 e. The summed E-state index contributed by atoms with van der Waals surface area (Å²) in [7, 11) is 1.62. The number of carbonyl (C=O) groups is 3. The van der Waals surface area contributed by atoms with Crippen molar-refractivity contribution in [2.45, 2.75) is 71.2 Å². The summed E-state index contributed by atoms with van der Waals surface area (Å²) in [5, 5.41) is 12.2. The monoisotopic (exact) mass is 1020 g/mol. The molecule has 0 bridgehead atoms. The van der Waals surface area contributed by atoms with Crippen molar-refractivity contribution in [1.29, 1.82) is 5.26 Å². The molecule has 0 amide bonds. The quantitative estimate of drug-likeness (QED) is 0.0105. The van der Waals surface area contributed by atoms with Gasteiger partial charge in [0.2, 0.25) is 5.95 Å². The van der Waals surface area contributed by atoms with Gasteiger partial charge in [0.05, 0.1) is 65.0 Å². The first-order valence-electron chi connectivity index (χ1n) is 23.7. The minimum atomic E-state index is -1.56. The molecule has 6 aromatic rings. The number of nitrogen functional groups attached to an aromatic ring is 1. The van der Waals surface area contributed by atoms with Crippen LogP contribution in [-0.2, 0) is 45.0 Å². The van der Waals surface area contributed by atoms with E-state index in [9.17, 15) is 19.2 Å². The highest BCUT2D eigenvalue weighted by molar-refractivity contribution is 7.44. The third-order valence-electron chi connectivity index (χ3n) is 11.4. The Kier molecular flexibility index (Phi) is 20.3. The molecule has 4 N–H and O–H groups in total. The molecule has 20 heteroatoms. The molecule has 0 fully saturated rings. The van der Waals surface area contributed by atoms with Crippen LogP contribution >= 0.6 is 8.53 Å². The molecular weight excluding hydrogens is 956 g/mol. The molecule has 0 aliphatic carbocycles. The zero-order valence-electron chi connectivity index (χ0n) is 41.7. The Balaban J connectivity index is 1.17. The Labute approximate surface area is 425 Å². The van der Waals surface area contributed by atoms with E-state index < -0.39 is 43.3 Å². The summed E-state index contributed by atoms with van der Waals surface area (Å²) in [6.07, 6.45) is 1.15. The van der Waals surface area contributed by atoms with Gasteiger partial charge in [0, 0.05) is 29.8 Å². The van der Waals surface area contributed by atoms with Gasteiger partial charge in [-0.2, -0.15) is 10.2 Å². The van der Waals surface area contributed by atoms with E-state index in [0.717, 1.165) is 16.7 Å². The summed E-state index contributed by atoms with van der Waals surface area (Å²) >= 11 is 0. The second-order valence-corrected chi connectivity index (χ2v) is 18.4. The van der Waals surface area contributed by atoms with Crippen LogP contribution in [0.25, 0.3) is 11.2 Å². The number of aromatic nitrogens is 4. The Morgan fingerprint density at radius 2 is 1.38 bits per heavy atom. The van der Waals surface area contributed by atoms with Crippen molar-refractivity contribution in [2.24, 2.45) is 5.92 Å². The van der Waals surface area contributed by atoms with Crippen molar-refractivity contribution in [3.63, 3.8) is 0 Å². The molecule has 2 aromatic heterocycles. The number of nitriles is 1. The summed E-state index contributed by atoms with van der Waals surface area (Å²) in [4.78, 5) is 69.0. The molecule has 0 aliphatic heterocycles. The lowest BCUT2D eigenvalue weighted by Gasteiger charge is -2.36. The average molecular weight is 1020 g/mol. The van der Waals surface area contributed by atoms with Gasteiger partial charge in [0.15, 0.2) is 16.9 Å². The number of hydrogen-bond acceptors (Lipinski definition) is 18. The lowest BCUT2D eigenvalue weighted by molar-refractivity contribution is -0.150. The second kappa shape index (κ2) is 26.9. The molecule has 73 heavy (non-hydrogen) atoms. The first kappa shape index (κ1) is 55.0. The van der Waals surface area contributed by atoms with Crippen LogP contribution in [0.3, 0.4) is 0 Å². The summed E-state index contributed by atoms with van der Waals surface area (Å²) < 4.78 is 43.2. The predicted molar refractivity (Wildman–Crippen MR) is 275 cm³/mol. The van der Waals surface area contributed by atoms with Gasteiger partial charge in [-0.1, -0.05) is 54.6 Å². The number of nitrogens with zero attached hydrogens (tertiary/aromatic N) is 5. The number of anilines is 2. The first-order chi connectivity index (χ1) is 35.3. The van der Waals surface area contributed by atoms with E-state index in [1.807, 2.05) is 107 Å². The van der Waals surface area contributed by atoms with Gasteiger partial charge < -0.3 is 43.8 Å². The maximum Gasteiger partial charge on any atom is 0.316 e. The SMILES string of the molecule is COc1ccc(C(OCCOC(=O)C(CCC(=O)OCCOP(OCCC#N)N(C(C)C)C(C)C)C(=O)c2ccc(NCc3cnc4nc(N)[nH]c(=O)c4n3)cc2)(c2ccccc2)c2ccc(OC)cc2)cc1. The number of ketones is 1. The molecule has 384 valence electrons. The molecule has 0 saturated heterocycles. The van der Waals surface area contributed by atoms with Crippen molar-refractivity contribution in [1.82, 2.24) is 24.6 Å². The Hall–Kier alpha value is -7.33. The topological polar surface area (TPSA) is 252 Å². The minimum absolute atomic E-state index is 0.0142. The number of aromatic amines is 1. The zero-order chi connectivity index (χ0) is 52.3. The predicted octanol–water partition coefficient (Wildman–Crippen LogP) is 7.89. The van der Waals surface area contributed by atoms with Gasteiger partial charge in [-0.15, -0.1) is 0 Å². The standard InChI is InChI=1S/C53H61N8O11P/c1-35(2)61(36(3)4)73(71-28-10-27-54)72-32-30-68-46(62)26-25-45(48(63)37-13-19-41(20-14-37)56-33-42-34-57-49-47(58-42)50(64)60-52(55)59-49)51(65)69-29-31-70-53(38-11-8-7-9-12-38,39-15-21-43(66-5)22-16-39)40-17-23-44(67-6)24-18-40/h7-9,11-24,34-36,45,56H,10,25-26,28-33H2,1-6H3,(H3,55,57,59,60,64). The number of nitrogens with one attached hydrogen (secondary N) is 2. The number of esters is 2.